The molecule has 1 aromatic heterocycles. The van der Waals surface area contributed by atoms with Gasteiger partial charge in [0.25, 0.3) is 11.8 Å². The molecule has 2 rings (SSSR count). The Morgan fingerprint density at radius 3 is 2.56 bits per heavy atom. The quantitative estimate of drug-likeness (QED) is 0.225. The number of ether oxygens (including phenoxy) is 1. The maximum atomic E-state index is 14.7. The zero-order chi connectivity index (χ0) is 31.0. The Morgan fingerprint density at radius 1 is 1.32 bits per heavy atom. The number of nitrogens with zero attached hydrogens (tertiary/aromatic N) is 4. The number of aromatic nitrogens is 1. The van der Waals surface area contributed by atoms with E-state index in [1.165, 1.54) is 27.3 Å². The minimum Gasteiger partial charge on any atom is -0.481 e. The van der Waals surface area contributed by atoms with E-state index >= 15 is 0 Å². The molecule has 0 aromatic carbocycles. The molecule has 0 spiro atoms. The zero-order valence-corrected chi connectivity index (χ0v) is 24.0. The second-order valence-electron chi connectivity index (χ2n) is 9.68. The first kappa shape index (κ1) is 33.4. The third-order valence-corrected chi connectivity index (χ3v) is 6.71. The van der Waals surface area contributed by atoms with Crippen molar-refractivity contribution in [2.75, 3.05) is 27.2 Å². The Hall–Kier alpha value is -3.77. The molecule has 2 unspecified atom stereocenters. The molecule has 8 nitrogen and oxygen atoms in total. The second kappa shape index (κ2) is 14.2. The summed E-state index contributed by atoms with van der Waals surface area (Å²) in [6, 6.07) is 4.03. The van der Waals surface area contributed by atoms with Gasteiger partial charge < -0.3 is 20.7 Å². The van der Waals surface area contributed by atoms with Gasteiger partial charge in [-0.2, -0.15) is 13.2 Å². The molecular weight excluding hydrogens is 547 g/mol. The number of likely N-dealkylation sites (tertiary alicyclic amines) is 1. The van der Waals surface area contributed by atoms with Gasteiger partial charge in [-0.15, -0.1) is 0 Å². The Bertz CT molecular complexity index is 1240. The maximum Gasteiger partial charge on any atom is 0.417 e. The normalized spacial score (nSPS) is 21.1. The van der Waals surface area contributed by atoms with Crippen LogP contribution in [-0.4, -0.2) is 73.6 Å². The summed E-state index contributed by atoms with van der Waals surface area (Å²) >= 11 is 0. The number of pyridine rings is 1. The van der Waals surface area contributed by atoms with Gasteiger partial charge in [-0.25, -0.2) is 18.8 Å². The predicted molar refractivity (Wildman–Crippen MR) is 150 cm³/mol. The number of carbonyl (C=O) groups excluding carboxylic acids is 1. The van der Waals surface area contributed by atoms with Gasteiger partial charge in [-0.3, -0.25) is 9.79 Å². The first-order valence-corrected chi connectivity index (χ1v) is 13.0. The van der Waals surface area contributed by atoms with Crippen LogP contribution in [0.1, 0.15) is 46.2 Å². The smallest absolute Gasteiger partial charge is 0.417 e. The number of rotatable bonds is 10. The first-order valence-electron chi connectivity index (χ1n) is 13.0. The number of nitrogens with one attached hydrogen (secondary N) is 1. The summed E-state index contributed by atoms with van der Waals surface area (Å²) in [5, 5.41) is 2.99. The SMILES string of the molecule is C\C=C(/C=N\C(NCC1C(C)CC(F)(F)CN1C(=O)C(N)=C(C=NC)c1cccc(OC)n1)=C(\C)CC)C(F)(F)F. The van der Waals surface area contributed by atoms with Gasteiger partial charge in [-0.05, 0) is 37.8 Å². The fourth-order valence-electron chi connectivity index (χ4n) is 4.35. The molecule has 3 N–H and O–H groups in total. The molecule has 41 heavy (non-hydrogen) atoms. The van der Waals surface area contributed by atoms with Gasteiger partial charge in [0.05, 0.1) is 31.0 Å². The van der Waals surface area contributed by atoms with Gasteiger partial charge in [-0.1, -0.05) is 26.0 Å². The standard InChI is InChI=1S/C28H37F5N6O2/c1-7-17(3)25(36-13-19(8-2)28(31,32)33)37-15-22-18(4)12-27(29,30)16-39(22)26(40)24(34)20(14-35-5)21-10-9-11-23(38-21)41-6/h8-11,13-14,18,22,37H,7,12,15-16,34H2,1-6H3/b19-8+,24-20?,25-17+,35-14?,36-13-. The van der Waals surface area contributed by atoms with Crippen molar-refractivity contribution in [1.82, 2.24) is 15.2 Å². The largest absolute Gasteiger partial charge is 0.481 e. The number of hydrogen-bond donors (Lipinski definition) is 2. The van der Waals surface area contributed by atoms with E-state index < -0.39 is 48.5 Å². The van der Waals surface area contributed by atoms with Crippen LogP contribution in [0.4, 0.5) is 22.0 Å². The van der Waals surface area contributed by atoms with Crippen LogP contribution in [0.3, 0.4) is 0 Å². The third-order valence-electron chi connectivity index (χ3n) is 6.71. The molecule has 0 aliphatic carbocycles. The molecule has 1 aromatic rings. The highest BCUT2D eigenvalue weighted by Crippen LogP contribution is 2.35. The second-order valence-corrected chi connectivity index (χ2v) is 9.68. The van der Waals surface area contributed by atoms with Crippen molar-refractivity contribution in [2.24, 2.45) is 21.6 Å². The molecule has 1 aliphatic rings. The summed E-state index contributed by atoms with van der Waals surface area (Å²) in [6.45, 7) is 5.40. The number of aliphatic imine (C=N–C) groups is 2. The van der Waals surface area contributed by atoms with Crippen molar-refractivity contribution in [2.45, 2.75) is 58.7 Å². The molecule has 2 heterocycles. The van der Waals surface area contributed by atoms with Crippen molar-refractivity contribution in [1.29, 1.82) is 0 Å². The maximum absolute atomic E-state index is 14.7. The van der Waals surface area contributed by atoms with Gasteiger partial charge in [0.1, 0.15) is 11.5 Å². The van der Waals surface area contributed by atoms with E-state index in [4.69, 9.17) is 10.5 Å². The molecule has 0 bridgehead atoms. The van der Waals surface area contributed by atoms with Gasteiger partial charge in [0.15, 0.2) is 0 Å². The number of hydrogen-bond acceptors (Lipinski definition) is 7. The number of nitrogens with two attached hydrogens (primary N) is 1. The molecule has 1 saturated heterocycles. The van der Waals surface area contributed by atoms with E-state index in [2.05, 4.69) is 20.3 Å². The number of amides is 1. The monoisotopic (exact) mass is 584 g/mol. The van der Waals surface area contributed by atoms with Gasteiger partial charge in [0, 0.05) is 44.1 Å². The van der Waals surface area contributed by atoms with E-state index in [0.29, 0.717) is 18.2 Å². The van der Waals surface area contributed by atoms with Crippen LogP contribution in [0.25, 0.3) is 5.57 Å². The summed E-state index contributed by atoms with van der Waals surface area (Å²) in [5.41, 5.74) is 6.03. The molecule has 0 radical (unpaired) electrons. The fraction of sp³-hybridized carbons (Fsp3) is 0.500. The summed E-state index contributed by atoms with van der Waals surface area (Å²) in [6.07, 6.45) is -1.68. The predicted octanol–water partition coefficient (Wildman–Crippen LogP) is 5.14. The minimum atomic E-state index is -4.59. The third kappa shape index (κ3) is 8.86. The number of alkyl halides is 5. The molecule has 1 fully saturated rings. The molecular formula is C28H37F5N6O2. The number of halogens is 5. The lowest BCUT2D eigenvalue weighted by molar-refractivity contribution is -0.148. The Kier molecular flexibility index (Phi) is 11.6. The van der Waals surface area contributed by atoms with E-state index in [-0.39, 0.29) is 35.2 Å². The van der Waals surface area contributed by atoms with E-state index in [1.54, 1.807) is 39.0 Å². The van der Waals surface area contributed by atoms with Gasteiger partial charge >= 0.3 is 6.18 Å². The van der Waals surface area contributed by atoms with Crippen molar-refractivity contribution in [3.05, 3.63) is 52.6 Å². The number of allylic oxidation sites excluding steroid dienone is 4. The molecule has 1 amide bonds. The van der Waals surface area contributed by atoms with Crippen LogP contribution < -0.4 is 15.8 Å². The summed E-state index contributed by atoms with van der Waals surface area (Å²) in [5.74, 6) is -4.30. The van der Waals surface area contributed by atoms with Crippen molar-refractivity contribution in [3.8, 4) is 5.88 Å². The molecule has 0 saturated carbocycles. The highest BCUT2D eigenvalue weighted by molar-refractivity contribution is 6.18. The van der Waals surface area contributed by atoms with Crippen LogP contribution in [0.15, 0.2) is 56.9 Å². The van der Waals surface area contributed by atoms with Crippen molar-refractivity contribution < 1.29 is 31.5 Å². The number of piperidine rings is 1. The van der Waals surface area contributed by atoms with Crippen LogP contribution in [0.2, 0.25) is 0 Å². The number of carbonyl (C=O) groups is 1. The summed E-state index contributed by atoms with van der Waals surface area (Å²) < 4.78 is 74.2. The lowest BCUT2D eigenvalue weighted by Crippen LogP contribution is -2.59. The molecule has 1 aliphatic heterocycles. The minimum absolute atomic E-state index is 0.0495. The van der Waals surface area contributed by atoms with E-state index in [0.717, 1.165) is 11.0 Å². The van der Waals surface area contributed by atoms with Gasteiger partial charge in [0.2, 0.25) is 5.88 Å². The average molecular weight is 585 g/mol. The van der Waals surface area contributed by atoms with Crippen molar-refractivity contribution in [3.63, 3.8) is 0 Å². The number of methoxy groups -OCH3 is 1. The average Bonchev–Trinajstić information content (AvgIpc) is 2.91. The summed E-state index contributed by atoms with van der Waals surface area (Å²) in [4.78, 5) is 26.9. The molecule has 2 atom stereocenters. The Morgan fingerprint density at radius 2 is 2.00 bits per heavy atom. The van der Waals surface area contributed by atoms with E-state index in [1.807, 2.05) is 0 Å². The lowest BCUT2D eigenvalue weighted by atomic mass is 9.88. The highest BCUT2D eigenvalue weighted by Gasteiger charge is 2.46. The van der Waals surface area contributed by atoms with Crippen LogP contribution in [0, 0.1) is 5.92 Å². The van der Waals surface area contributed by atoms with Crippen LogP contribution in [0.5, 0.6) is 5.88 Å². The highest BCUT2D eigenvalue weighted by atomic mass is 19.4. The Labute approximate surface area is 237 Å². The van der Waals surface area contributed by atoms with Crippen LogP contribution in [-0.2, 0) is 4.79 Å². The fourth-order valence-corrected chi connectivity index (χ4v) is 4.35. The summed E-state index contributed by atoms with van der Waals surface area (Å²) in [7, 11) is 2.88. The first-order chi connectivity index (χ1) is 19.2. The zero-order valence-electron chi connectivity index (χ0n) is 24.0. The molecule has 13 heteroatoms. The van der Waals surface area contributed by atoms with E-state index in [9.17, 15) is 26.7 Å². The molecule has 226 valence electrons. The van der Waals surface area contributed by atoms with Crippen LogP contribution >= 0.6 is 0 Å². The topological polar surface area (TPSA) is 105 Å². The lowest BCUT2D eigenvalue weighted by Gasteiger charge is -2.43. The Balaban J connectivity index is 2.48. The van der Waals surface area contributed by atoms with Crippen molar-refractivity contribution >= 4 is 23.9 Å².